The number of rotatable bonds is 1. The van der Waals surface area contributed by atoms with Gasteiger partial charge in [-0.1, -0.05) is 10.4 Å². The molecule has 6 heteroatoms. The van der Waals surface area contributed by atoms with Crippen LogP contribution in [0.25, 0.3) is 22.4 Å². The molecule has 0 fully saturated rings. The van der Waals surface area contributed by atoms with Crippen molar-refractivity contribution in [3.63, 3.8) is 0 Å². The van der Waals surface area contributed by atoms with Gasteiger partial charge in [0.25, 0.3) is 0 Å². The third-order valence-electron chi connectivity index (χ3n) is 2.42. The number of benzene rings is 1. The van der Waals surface area contributed by atoms with Crippen LogP contribution in [-0.4, -0.2) is 20.2 Å². The first-order valence-electron chi connectivity index (χ1n) is 4.76. The van der Waals surface area contributed by atoms with Crippen molar-refractivity contribution in [2.75, 3.05) is 5.73 Å². The van der Waals surface area contributed by atoms with Crippen molar-refractivity contribution >= 4 is 16.9 Å². The quantitative estimate of drug-likeness (QED) is 0.659. The summed E-state index contributed by atoms with van der Waals surface area (Å²) in [5.74, 6) is 1.01. The second-order valence-corrected chi connectivity index (χ2v) is 3.53. The van der Waals surface area contributed by atoms with Gasteiger partial charge in [-0.2, -0.15) is 0 Å². The fraction of sp³-hybridized carbons (Fsp3) is 0.100. The third kappa shape index (κ3) is 1.23. The van der Waals surface area contributed by atoms with Gasteiger partial charge in [0.2, 0.25) is 0 Å². The molecule has 0 saturated heterocycles. The Kier molecular flexibility index (Phi) is 1.70. The van der Waals surface area contributed by atoms with Gasteiger partial charge in [0.05, 0.1) is 5.52 Å². The molecule has 3 aromatic rings. The first-order valence-corrected chi connectivity index (χ1v) is 4.76. The molecule has 1 aromatic carbocycles. The van der Waals surface area contributed by atoms with Gasteiger partial charge in [0.1, 0.15) is 5.52 Å². The van der Waals surface area contributed by atoms with E-state index in [1.54, 1.807) is 10.7 Å². The summed E-state index contributed by atoms with van der Waals surface area (Å²) in [6, 6.07) is 7.41. The van der Waals surface area contributed by atoms with Gasteiger partial charge in [-0.15, -0.1) is 5.10 Å². The lowest BCUT2D eigenvalue weighted by Crippen LogP contribution is -1.89. The summed E-state index contributed by atoms with van der Waals surface area (Å²) in [6.07, 6.45) is 0. The van der Waals surface area contributed by atoms with Crippen LogP contribution in [0.2, 0.25) is 0 Å². The van der Waals surface area contributed by atoms with Crippen LogP contribution in [0, 0.1) is 0 Å². The Morgan fingerprint density at radius 1 is 1.31 bits per heavy atom. The van der Waals surface area contributed by atoms with Crippen LogP contribution >= 0.6 is 0 Å². The number of aryl methyl sites for hydroxylation is 1. The van der Waals surface area contributed by atoms with E-state index >= 15 is 0 Å². The van der Waals surface area contributed by atoms with Crippen LogP contribution in [0.15, 0.2) is 28.8 Å². The van der Waals surface area contributed by atoms with E-state index in [4.69, 9.17) is 10.3 Å². The van der Waals surface area contributed by atoms with Crippen molar-refractivity contribution in [1.82, 2.24) is 20.2 Å². The molecule has 0 spiro atoms. The number of aromatic nitrogens is 4. The van der Waals surface area contributed by atoms with Gasteiger partial charge < -0.3 is 10.3 Å². The lowest BCUT2D eigenvalue weighted by molar-refractivity contribution is 0.436. The van der Waals surface area contributed by atoms with Gasteiger partial charge >= 0.3 is 0 Å². The first kappa shape index (κ1) is 8.90. The number of nitrogens with zero attached hydrogens (tertiary/aromatic N) is 4. The highest BCUT2D eigenvalue weighted by Gasteiger charge is 2.08. The molecular weight excluding hydrogens is 206 g/mol. The summed E-state index contributed by atoms with van der Waals surface area (Å²) in [4.78, 5) is 0. The molecule has 2 aromatic heterocycles. The molecule has 2 heterocycles. The van der Waals surface area contributed by atoms with E-state index in [1.165, 1.54) is 0 Å². The van der Waals surface area contributed by atoms with E-state index in [-0.39, 0.29) is 0 Å². The molecule has 2 N–H and O–H groups in total. The Labute approximate surface area is 90.6 Å². The van der Waals surface area contributed by atoms with Gasteiger partial charge in [0.15, 0.2) is 11.6 Å². The number of hydrogen-bond donors (Lipinski definition) is 1. The minimum Gasteiger partial charge on any atom is -0.381 e. The molecule has 0 amide bonds. The lowest BCUT2D eigenvalue weighted by Gasteiger charge is -1.96. The summed E-state index contributed by atoms with van der Waals surface area (Å²) in [6.45, 7) is 0. The predicted molar refractivity (Wildman–Crippen MR) is 58.4 cm³/mol. The molecule has 3 rings (SSSR count). The smallest absolute Gasteiger partial charge is 0.169 e. The van der Waals surface area contributed by atoms with Gasteiger partial charge in [-0.3, -0.25) is 0 Å². The molecule has 0 radical (unpaired) electrons. The van der Waals surface area contributed by atoms with Gasteiger partial charge in [-0.25, -0.2) is 4.68 Å². The number of fused-ring (bicyclic) bond motifs is 1. The van der Waals surface area contributed by atoms with Crippen molar-refractivity contribution in [2.24, 2.45) is 7.05 Å². The molecule has 16 heavy (non-hydrogen) atoms. The predicted octanol–water partition coefficient (Wildman–Crippen LogP) is 1.21. The third-order valence-corrected chi connectivity index (χ3v) is 2.42. The van der Waals surface area contributed by atoms with Crippen molar-refractivity contribution in [3.05, 3.63) is 24.3 Å². The fourth-order valence-electron chi connectivity index (χ4n) is 1.61. The van der Waals surface area contributed by atoms with Gasteiger partial charge in [0, 0.05) is 18.7 Å². The maximum absolute atomic E-state index is 5.50. The molecule has 0 unspecified atom stereocenters. The molecule has 0 aliphatic carbocycles. The second-order valence-electron chi connectivity index (χ2n) is 3.53. The summed E-state index contributed by atoms with van der Waals surface area (Å²) >= 11 is 0. The lowest BCUT2D eigenvalue weighted by atomic mass is 10.1. The zero-order valence-electron chi connectivity index (χ0n) is 8.58. The second kappa shape index (κ2) is 3.06. The number of hydrogen-bond acceptors (Lipinski definition) is 5. The minimum atomic E-state index is 0.373. The van der Waals surface area contributed by atoms with Crippen molar-refractivity contribution in [3.8, 4) is 11.3 Å². The maximum Gasteiger partial charge on any atom is 0.169 e. The summed E-state index contributed by atoms with van der Waals surface area (Å²) < 4.78 is 6.80. The molecule has 0 bridgehead atoms. The van der Waals surface area contributed by atoms with Crippen LogP contribution in [0.3, 0.4) is 0 Å². The zero-order valence-corrected chi connectivity index (χ0v) is 8.58. The Morgan fingerprint density at radius 3 is 2.94 bits per heavy atom. The summed E-state index contributed by atoms with van der Waals surface area (Å²) in [7, 11) is 1.84. The van der Waals surface area contributed by atoms with E-state index in [1.807, 2.05) is 25.2 Å². The van der Waals surface area contributed by atoms with Crippen LogP contribution in [0.4, 0.5) is 5.82 Å². The SMILES string of the molecule is Cn1nnc2ccc(-c3cc(N)no3)cc21. The molecule has 80 valence electrons. The Balaban J connectivity index is 2.21. The van der Waals surface area contributed by atoms with E-state index in [0.717, 1.165) is 16.6 Å². The minimum absolute atomic E-state index is 0.373. The molecular formula is C10H9N5O. The molecule has 0 aliphatic rings. The Hall–Kier alpha value is -2.37. The van der Waals surface area contributed by atoms with E-state index in [2.05, 4.69) is 15.5 Å². The van der Waals surface area contributed by atoms with E-state index < -0.39 is 0 Å². The zero-order chi connectivity index (χ0) is 11.1. The van der Waals surface area contributed by atoms with Crippen molar-refractivity contribution in [2.45, 2.75) is 0 Å². The number of anilines is 1. The first-order chi connectivity index (χ1) is 7.74. The highest BCUT2D eigenvalue weighted by atomic mass is 16.5. The number of nitrogen functional groups attached to an aromatic ring is 1. The standard InChI is InChI=1S/C10H9N5O/c1-15-8-4-6(2-3-7(8)12-14-15)9-5-10(11)13-16-9/h2-5H,1H3,(H2,11,13). The number of nitrogens with two attached hydrogens (primary N) is 1. The van der Waals surface area contributed by atoms with Crippen molar-refractivity contribution in [1.29, 1.82) is 0 Å². The summed E-state index contributed by atoms with van der Waals surface area (Å²) in [5, 5.41) is 11.6. The van der Waals surface area contributed by atoms with E-state index in [0.29, 0.717) is 11.6 Å². The normalized spacial score (nSPS) is 11.1. The maximum atomic E-state index is 5.50. The fourth-order valence-corrected chi connectivity index (χ4v) is 1.61. The topological polar surface area (TPSA) is 82.8 Å². The molecule has 0 atom stereocenters. The van der Waals surface area contributed by atoms with Gasteiger partial charge in [-0.05, 0) is 18.2 Å². The van der Waals surface area contributed by atoms with Crippen LogP contribution in [0.1, 0.15) is 0 Å². The average molecular weight is 215 g/mol. The Bertz CT molecular complexity index is 654. The van der Waals surface area contributed by atoms with Crippen LogP contribution in [0.5, 0.6) is 0 Å². The van der Waals surface area contributed by atoms with Crippen LogP contribution in [-0.2, 0) is 7.05 Å². The molecule has 6 nitrogen and oxygen atoms in total. The Morgan fingerprint density at radius 2 is 2.19 bits per heavy atom. The molecule has 0 saturated carbocycles. The average Bonchev–Trinajstić information content (AvgIpc) is 2.86. The summed E-state index contributed by atoms with van der Waals surface area (Å²) in [5.41, 5.74) is 8.19. The van der Waals surface area contributed by atoms with Crippen LogP contribution < -0.4 is 5.73 Å². The van der Waals surface area contributed by atoms with Crippen molar-refractivity contribution < 1.29 is 4.52 Å². The van der Waals surface area contributed by atoms with E-state index in [9.17, 15) is 0 Å². The monoisotopic (exact) mass is 215 g/mol. The highest BCUT2D eigenvalue weighted by molar-refractivity contribution is 5.80. The highest BCUT2D eigenvalue weighted by Crippen LogP contribution is 2.24. The molecule has 0 aliphatic heterocycles. The largest absolute Gasteiger partial charge is 0.381 e.